The second-order valence-corrected chi connectivity index (χ2v) is 4.90. The van der Waals surface area contributed by atoms with Crippen LogP contribution in [-0.2, 0) is 24.8 Å². The van der Waals surface area contributed by atoms with Crippen molar-refractivity contribution in [3.05, 3.63) is 59.7 Å². The van der Waals surface area contributed by atoms with Gasteiger partial charge in [-0.15, -0.1) is 0 Å². The molecule has 2 aromatic carbocycles. The highest BCUT2D eigenvalue weighted by molar-refractivity contribution is 5.82. The van der Waals surface area contributed by atoms with Gasteiger partial charge < -0.3 is 9.47 Å². The second kappa shape index (κ2) is 4.74. The first-order chi connectivity index (χ1) is 10.0. The Morgan fingerprint density at radius 1 is 0.762 bits per heavy atom. The van der Waals surface area contributed by atoms with Gasteiger partial charge in [0.25, 0.3) is 0 Å². The zero-order valence-corrected chi connectivity index (χ0v) is 11.8. The molecule has 4 heteroatoms. The van der Waals surface area contributed by atoms with Crippen molar-refractivity contribution < 1.29 is 19.1 Å². The summed E-state index contributed by atoms with van der Waals surface area (Å²) in [6.45, 7) is 2.60. The van der Waals surface area contributed by atoms with E-state index < -0.39 is 17.7 Å². The normalized spacial score (nSPS) is 14.0. The Hall–Kier alpha value is -2.62. The summed E-state index contributed by atoms with van der Waals surface area (Å²) in [6, 6.07) is 14.9. The third-order valence-electron chi connectivity index (χ3n) is 3.43. The van der Waals surface area contributed by atoms with Gasteiger partial charge in [0.2, 0.25) is 0 Å². The van der Waals surface area contributed by atoms with E-state index in [4.69, 9.17) is 9.47 Å². The van der Waals surface area contributed by atoms with Crippen LogP contribution in [0.25, 0.3) is 11.1 Å². The van der Waals surface area contributed by atoms with E-state index in [2.05, 4.69) is 0 Å². The Morgan fingerprint density at radius 2 is 1.14 bits per heavy atom. The van der Waals surface area contributed by atoms with E-state index >= 15 is 0 Å². The number of ether oxygens (including phenoxy) is 2. The molecular formula is C17H14O4. The predicted molar refractivity (Wildman–Crippen MR) is 76.2 cm³/mol. The lowest BCUT2D eigenvalue weighted by atomic mass is 10.0. The molecule has 4 nitrogen and oxygen atoms in total. The van der Waals surface area contributed by atoms with Gasteiger partial charge in [0.15, 0.2) is 0 Å². The molecule has 0 atom stereocenters. The monoisotopic (exact) mass is 282 g/mol. The fourth-order valence-electron chi connectivity index (χ4n) is 2.80. The van der Waals surface area contributed by atoms with Crippen LogP contribution in [0.5, 0.6) is 0 Å². The van der Waals surface area contributed by atoms with Crippen LogP contribution in [-0.4, -0.2) is 11.9 Å². The molecule has 21 heavy (non-hydrogen) atoms. The molecule has 0 saturated heterocycles. The van der Waals surface area contributed by atoms with Crippen LogP contribution in [0.3, 0.4) is 0 Å². The standard InChI is InChI=1S/C17H14O4/c1-11(18)20-17(21-12(2)19)15-9-5-3-7-13(15)14-8-4-6-10-16(14)17/h3-10H,1-2H3. The van der Waals surface area contributed by atoms with E-state index in [-0.39, 0.29) is 0 Å². The Morgan fingerprint density at radius 3 is 1.52 bits per heavy atom. The molecule has 0 aliphatic heterocycles. The number of hydrogen-bond donors (Lipinski definition) is 0. The molecule has 0 amide bonds. The van der Waals surface area contributed by atoms with Gasteiger partial charge in [0.1, 0.15) is 0 Å². The van der Waals surface area contributed by atoms with Gasteiger partial charge >= 0.3 is 17.7 Å². The molecule has 0 fully saturated rings. The van der Waals surface area contributed by atoms with Crippen LogP contribution in [0.15, 0.2) is 48.5 Å². The summed E-state index contributed by atoms with van der Waals surface area (Å²) in [7, 11) is 0. The van der Waals surface area contributed by atoms with Crippen LogP contribution < -0.4 is 0 Å². The number of fused-ring (bicyclic) bond motifs is 3. The average Bonchev–Trinajstić information content (AvgIpc) is 2.70. The SMILES string of the molecule is CC(=O)OC1(OC(C)=O)c2ccccc2-c2ccccc21. The highest BCUT2D eigenvalue weighted by Crippen LogP contribution is 2.50. The summed E-state index contributed by atoms with van der Waals surface area (Å²) >= 11 is 0. The van der Waals surface area contributed by atoms with Gasteiger partial charge in [-0.2, -0.15) is 0 Å². The molecule has 3 rings (SSSR count). The third kappa shape index (κ3) is 2.00. The number of hydrogen-bond acceptors (Lipinski definition) is 4. The van der Waals surface area contributed by atoms with Crippen molar-refractivity contribution in [1.29, 1.82) is 0 Å². The topological polar surface area (TPSA) is 52.6 Å². The fourth-order valence-corrected chi connectivity index (χ4v) is 2.80. The predicted octanol–water partition coefficient (Wildman–Crippen LogP) is 2.99. The van der Waals surface area contributed by atoms with Crippen molar-refractivity contribution in [1.82, 2.24) is 0 Å². The van der Waals surface area contributed by atoms with Gasteiger partial charge in [-0.05, 0) is 11.1 Å². The van der Waals surface area contributed by atoms with Crippen molar-refractivity contribution in [3.63, 3.8) is 0 Å². The molecule has 0 spiro atoms. The first-order valence-corrected chi connectivity index (χ1v) is 6.63. The van der Waals surface area contributed by atoms with Gasteiger partial charge in [0.05, 0.1) is 0 Å². The van der Waals surface area contributed by atoms with Crippen LogP contribution in [0, 0.1) is 0 Å². The molecule has 0 unspecified atom stereocenters. The smallest absolute Gasteiger partial charge is 0.311 e. The van der Waals surface area contributed by atoms with E-state index in [1.807, 2.05) is 36.4 Å². The Kier molecular flexibility index (Phi) is 3.01. The molecule has 2 aromatic rings. The van der Waals surface area contributed by atoms with Gasteiger partial charge in [-0.3, -0.25) is 9.59 Å². The number of carbonyl (C=O) groups is 2. The van der Waals surface area contributed by atoms with Gasteiger partial charge in [-0.25, -0.2) is 0 Å². The lowest BCUT2D eigenvalue weighted by Gasteiger charge is -2.29. The van der Waals surface area contributed by atoms with Gasteiger partial charge in [-0.1, -0.05) is 48.5 Å². The van der Waals surface area contributed by atoms with Crippen molar-refractivity contribution in [2.45, 2.75) is 19.6 Å². The molecule has 1 aliphatic rings. The lowest BCUT2D eigenvalue weighted by Crippen LogP contribution is -2.35. The van der Waals surface area contributed by atoms with E-state index in [1.54, 1.807) is 12.1 Å². The number of esters is 2. The van der Waals surface area contributed by atoms with Crippen molar-refractivity contribution in [3.8, 4) is 11.1 Å². The first-order valence-electron chi connectivity index (χ1n) is 6.63. The quantitative estimate of drug-likeness (QED) is 0.627. The maximum atomic E-state index is 11.6. The van der Waals surface area contributed by atoms with Crippen LogP contribution >= 0.6 is 0 Å². The number of carbonyl (C=O) groups excluding carboxylic acids is 2. The minimum atomic E-state index is -1.50. The highest BCUT2D eigenvalue weighted by atomic mass is 16.7. The molecular weight excluding hydrogens is 268 g/mol. The molecule has 0 bridgehead atoms. The Labute approximate surface area is 122 Å². The summed E-state index contributed by atoms with van der Waals surface area (Å²) < 4.78 is 11.0. The maximum absolute atomic E-state index is 11.6. The van der Waals surface area contributed by atoms with Gasteiger partial charge in [0, 0.05) is 25.0 Å². The van der Waals surface area contributed by atoms with E-state index in [9.17, 15) is 9.59 Å². The summed E-state index contributed by atoms with van der Waals surface area (Å²) in [4.78, 5) is 23.2. The first kappa shape index (κ1) is 13.4. The highest BCUT2D eigenvalue weighted by Gasteiger charge is 2.49. The zero-order chi connectivity index (χ0) is 15.0. The lowest BCUT2D eigenvalue weighted by molar-refractivity contribution is -0.214. The Balaban J connectivity index is 2.31. The zero-order valence-electron chi connectivity index (χ0n) is 11.8. The minimum Gasteiger partial charge on any atom is -0.414 e. The van der Waals surface area contributed by atoms with E-state index in [0.29, 0.717) is 11.1 Å². The average molecular weight is 282 g/mol. The van der Waals surface area contributed by atoms with Crippen molar-refractivity contribution in [2.24, 2.45) is 0 Å². The molecule has 1 aliphatic carbocycles. The third-order valence-corrected chi connectivity index (χ3v) is 3.43. The summed E-state index contributed by atoms with van der Waals surface area (Å²) in [5, 5.41) is 0. The fraction of sp³-hybridized carbons (Fsp3) is 0.176. The van der Waals surface area contributed by atoms with Crippen LogP contribution in [0.4, 0.5) is 0 Å². The van der Waals surface area contributed by atoms with Crippen LogP contribution in [0.2, 0.25) is 0 Å². The molecule has 0 N–H and O–H groups in total. The van der Waals surface area contributed by atoms with Crippen molar-refractivity contribution in [2.75, 3.05) is 0 Å². The Bertz CT molecular complexity index is 670. The number of benzene rings is 2. The minimum absolute atomic E-state index is 0.511. The largest absolute Gasteiger partial charge is 0.414 e. The summed E-state index contributed by atoms with van der Waals surface area (Å²) in [5.74, 6) is -2.52. The molecule has 0 radical (unpaired) electrons. The molecule has 106 valence electrons. The van der Waals surface area contributed by atoms with Crippen LogP contribution in [0.1, 0.15) is 25.0 Å². The van der Waals surface area contributed by atoms with Crippen molar-refractivity contribution >= 4 is 11.9 Å². The molecule has 0 saturated carbocycles. The summed E-state index contributed by atoms with van der Waals surface area (Å²) in [6.07, 6.45) is 0. The summed E-state index contributed by atoms with van der Waals surface area (Å²) in [5.41, 5.74) is 3.12. The molecule has 0 aromatic heterocycles. The maximum Gasteiger partial charge on any atom is 0.311 e. The number of rotatable bonds is 2. The van der Waals surface area contributed by atoms with E-state index in [1.165, 1.54) is 13.8 Å². The molecule has 0 heterocycles. The second-order valence-electron chi connectivity index (χ2n) is 4.90. The van der Waals surface area contributed by atoms with E-state index in [0.717, 1.165) is 11.1 Å².